The molecule has 0 unspecified atom stereocenters. The maximum absolute atomic E-state index is 13.2. The van der Waals surface area contributed by atoms with Crippen LogP contribution < -0.4 is 14.8 Å². The lowest BCUT2D eigenvalue weighted by molar-refractivity contribution is -0.137. The van der Waals surface area contributed by atoms with Gasteiger partial charge in [-0.3, -0.25) is 0 Å². The molecular formula is C25H28F3N3O3. The van der Waals surface area contributed by atoms with E-state index in [1.54, 1.807) is 19.9 Å². The van der Waals surface area contributed by atoms with E-state index in [4.69, 9.17) is 21.1 Å². The molecule has 0 amide bonds. The third-order valence-electron chi connectivity index (χ3n) is 5.70. The van der Waals surface area contributed by atoms with Gasteiger partial charge in [-0.15, -0.1) is 0 Å². The summed E-state index contributed by atoms with van der Waals surface area (Å²) in [5.41, 5.74) is -1.06. The minimum absolute atomic E-state index is 0.104. The molecule has 9 heteroatoms. The van der Waals surface area contributed by atoms with Crippen molar-refractivity contribution >= 4 is 16.7 Å². The van der Waals surface area contributed by atoms with E-state index in [9.17, 15) is 13.2 Å². The number of benzene rings is 2. The highest BCUT2D eigenvalue weighted by Crippen LogP contribution is 2.47. The number of halogens is 3. The average molecular weight is 481 g/mol. The molecule has 0 radical (unpaired) electrons. The van der Waals surface area contributed by atoms with Gasteiger partial charge in [-0.05, 0) is 50.5 Å². The minimum atomic E-state index is -4.50. The molecule has 1 aromatic heterocycles. The van der Waals surface area contributed by atoms with Crippen LogP contribution in [0, 0.1) is 12.3 Å². The van der Waals surface area contributed by atoms with Gasteiger partial charge in [-0.25, -0.2) is 9.97 Å². The van der Waals surface area contributed by atoms with Crippen molar-refractivity contribution < 1.29 is 34.2 Å². The molecule has 0 aliphatic heterocycles. The van der Waals surface area contributed by atoms with Crippen LogP contribution in [0.25, 0.3) is 10.9 Å². The maximum Gasteiger partial charge on any atom is 0.416 e. The van der Waals surface area contributed by atoms with E-state index in [1.165, 1.54) is 25.3 Å². The predicted octanol–water partition coefficient (Wildman–Crippen LogP) is 5.94. The fourth-order valence-corrected chi connectivity index (χ4v) is 3.66. The molecule has 182 valence electrons. The summed E-state index contributed by atoms with van der Waals surface area (Å²) in [6, 6.07) is 6.98. The van der Waals surface area contributed by atoms with Crippen LogP contribution in [0.15, 0.2) is 36.4 Å². The Bertz CT molecular complexity index is 1360. The maximum atomic E-state index is 13.2. The van der Waals surface area contributed by atoms with E-state index in [1.807, 2.05) is 0 Å². The number of rotatable bonds is 9. The van der Waals surface area contributed by atoms with E-state index in [0.29, 0.717) is 29.6 Å². The molecule has 1 heterocycles. The van der Waals surface area contributed by atoms with Crippen LogP contribution in [0.4, 0.5) is 19.0 Å². The fraction of sp³-hybridized carbons (Fsp3) is 0.440. The normalized spacial score (nSPS) is 18.7. The Morgan fingerprint density at radius 1 is 1.21 bits per heavy atom. The predicted molar refractivity (Wildman–Crippen MR) is 123 cm³/mol. The number of alkyl halides is 3. The Balaban J connectivity index is 1.77. The molecule has 1 aliphatic rings. The molecule has 1 atom stereocenters. The Hall–Kier alpha value is -3.07. The van der Waals surface area contributed by atoms with Gasteiger partial charge in [0.2, 0.25) is 0 Å². The number of fused-ring (bicyclic) bond motifs is 1. The van der Waals surface area contributed by atoms with E-state index in [-0.39, 0.29) is 29.4 Å². The zero-order valence-electron chi connectivity index (χ0n) is 23.9. The van der Waals surface area contributed by atoms with Crippen molar-refractivity contribution in [1.29, 1.82) is 0 Å². The summed E-state index contributed by atoms with van der Waals surface area (Å²) in [4.78, 5) is 8.75. The summed E-state index contributed by atoms with van der Waals surface area (Å²) in [5, 5.41) is 3.43. The largest absolute Gasteiger partial charge is 0.493 e. The smallest absolute Gasteiger partial charge is 0.416 e. The molecule has 6 nitrogen and oxygen atoms in total. The number of anilines is 1. The highest BCUT2D eigenvalue weighted by atomic mass is 19.4. The van der Waals surface area contributed by atoms with Crippen molar-refractivity contribution in [3.05, 3.63) is 53.3 Å². The van der Waals surface area contributed by atoms with Crippen LogP contribution in [-0.2, 0) is 10.9 Å². The minimum Gasteiger partial charge on any atom is -0.493 e. The zero-order chi connectivity index (χ0) is 28.8. The SMILES string of the molecule is [2H]C([2H])([2H])Oc1cc2nc(C)nc(N[C@H](C)c3cccc(C(F)(F)F)c3)c2cc1OC([2H])([2H])C1(COC)CC1. The molecule has 3 aromatic rings. The first-order valence-electron chi connectivity index (χ1n) is 13.2. The van der Waals surface area contributed by atoms with Crippen molar-refractivity contribution in [2.45, 2.75) is 38.9 Å². The number of hydrogen-bond acceptors (Lipinski definition) is 6. The molecule has 1 aliphatic carbocycles. The third kappa shape index (κ3) is 5.19. The summed E-state index contributed by atoms with van der Waals surface area (Å²) in [6.45, 7) is 1.15. The quantitative estimate of drug-likeness (QED) is 0.409. The lowest BCUT2D eigenvalue weighted by Crippen LogP contribution is -2.18. The van der Waals surface area contributed by atoms with Crippen LogP contribution >= 0.6 is 0 Å². The van der Waals surface area contributed by atoms with Crippen LogP contribution in [0.1, 0.15) is 49.6 Å². The summed E-state index contributed by atoms with van der Waals surface area (Å²) in [7, 11) is -1.40. The Morgan fingerprint density at radius 3 is 2.68 bits per heavy atom. The van der Waals surface area contributed by atoms with Crippen molar-refractivity contribution in [3.63, 3.8) is 0 Å². The van der Waals surface area contributed by atoms with Gasteiger partial charge in [0, 0.05) is 30.0 Å². The van der Waals surface area contributed by atoms with Gasteiger partial charge >= 0.3 is 6.18 Å². The number of hydrogen-bond donors (Lipinski definition) is 1. The standard InChI is InChI=1S/C25H28F3N3O3/c1-15(17-6-5-7-18(10-17)25(26,27)28)29-23-19-11-22(34-14-24(8-9-24)13-32-3)21(33-4)12-20(19)30-16(2)31-23/h5-7,10-12,15H,8-9,13-14H2,1-4H3,(H,29,30,31)/t15-/m1/s1/i4D3,14D2. The monoisotopic (exact) mass is 480 g/mol. The van der Waals surface area contributed by atoms with Crippen LogP contribution in [0.3, 0.4) is 0 Å². The van der Waals surface area contributed by atoms with Crippen molar-refractivity contribution in [3.8, 4) is 11.5 Å². The summed E-state index contributed by atoms with van der Waals surface area (Å²) in [6.07, 6.45) is -3.47. The lowest BCUT2D eigenvalue weighted by atomic mass is 10.0. The number of nitrogens with one attached hydrogen (secondary N) is 1. The molecule has 0 spiro atoms. The van der Waals surface area contributed by atoms with Gasteiger partial charge in [-0.1, -0.05) is 12.1 Å². The molecule has 1 N–H and O–H groups in total. The summed E-state index contributed by atoms with van der Waals surface area (Å²) in [5.74, 6) is 0.121. The molecule has 0 bridgehead atoms. The highest BCUT2D eigenvalue weighted by Gasteiger charge is 2.43. The first kappa shape index (κ1) is 18.3. The molecule has 1 fully saturated rings. The van der Waals surface area contributed by atoms with Crippen molar-refractivity contribution in [1.82, 2.24) is 9.97 Å². The first-order chi connectivity index (χ1) is 18.0. The van der Waals surface area contributed by atoms with Crippen molar-refractivity contribution in [2.24, 2.45) is 5.41 Å². The second kappa shape index (κ2) is 9.29. The fourth-order valence-electron chi connectivity index (χ4n) is 3.66. The number of ether oxygens (including phenoxy) is 3. The van der Waals surface area contributed by atoms with E-state index in [0.717, 1.165) is 12.1 Å². The van der Waals surface area contributed by atoms with Crippen LogP contribution in [0.2, 0.25) is 0 Å². The second-order valence-electron chi connectivity index (χ2n) is 8.44. The van der Waals surface area contributed by atoms with E-state index >= 15 is 0 Å². The lowest BCUT2D eigenvalue weighted by Gasteiger charge is -2.20. The molecule has 1 saturated carbocycles. The highest BCUT2D eigenvalue weighted by molar-refractivity contribution is 5.92. The second-order valence-corrected chi connectivity index (χ2v) is 8.44. The Kier molecular flexibility index (Phi) is 4.99. The molecular weight excluding hydrogens is 447 g/mol. The van der Waals surface area contributed by atoms with Crippen LogP contribution in [-0.4, -0.2) is 37.3 Å². The number of aromatic nitrogens is 2. The van der Waals surface area contributed by atoms with Gasteiger partial charge in [0.1, 0.15) is 11.6 Å². The topological polar surface area (TPSA) is 65.5 Å². The number of aryl methyl sites for hydroxylation is 1. The van der Waals surface area contributed by atoms with Crippen molar-refractivity contribution in [2.75, 3.05) is 32.6 Å². The van der Waals surface area contributed by atoms with E-state index < -0.39 is 36.8 Å². The molecule has 0 saturated heterocycles. The Labute approximate surface area is 203 Å². The zero-order valence-corrected chi connectivity index (χ0v) is 18.9. The first-order valence-corrected chi connectivity index (χ1v) is 10.7. The third-order valence-corrected chi connectivity index (χ3v) is 5.70. The van der Waals surface area contributed by atoms with Gasteiger partial charge in [0.25, 0.3) is 0 Å². The molecule has 34 heavy (non-hydrogen) atoms. The van der Waals surface area contributed by atoms with Gasteiger partial charge < -0.3 is 19.5 Å². The average Bonchev–Trinajstić information content (AvgIpc) is 3.60. The molecule has 4 rings (SSSR count). The number of methoxy groups -OCH3 is 2. The molecule has 2 aromatic carbocycles. The van der Waals surface area contributed by atoms with E-state index in [2.05, 4.69) is 15.3 Å². The summed E-state index contributed by atoms with van der Waals surface area (Å²) >= 11 is 0. The van der Waals surface area contributed by atoms with Crippen LogP contribution in [0.5, 0.6) is 11.5 Å². The van der Waals surface area contributed by atoms with Gasteiger partial charge in [0.05, 0.1) is 38.1 Å². The Morgan fingerprint density at radius 2 is 2.00 bits per heavy atom. The number of nitrogens with zero attached hydrogens (tertiary/aromatic N) is 2. The van der Waals surface area contributed by atoms with Gasteiger partial charge in [0.15, 0.2) is 11.5 Å². The summed E-state index contributed by atoms with van der Waals surface area (Å²) < 4.78 is 95.7. The van der Waals surface area contributed by atoms with Gasteiger partial charge in [-0.2, -0.15) is 13.2 Å².